The van der Waals surface area contributed by atoms with E-state index >= 15 is 0 Å². The number of carbonyl (C=O) groups is 2. The number of hydrogen-bond donors (Lipinski definition) is 1. The van der Waals surface area contributed by atoms with Crippen LogP contribution in [-0.4, -0.2) is 51.5 Å². The first kappa shape index (κ1) is 20.9. The van der Waals surface area contributed by atoms with Crippen LogP contribution in [0.15, 0.2) is 36.7 Å². The summed E-state index contributed by atoms with van der Waals surface area (Å²) in [6.45, 7) is -0.907. The average Bonchev–Trinajstić information content (AvgIpc) is 3.31. The molecule has 1 aliphatic rings. The number of amides is 2. The normalized spacial score (nSPS) is 17.2. The molecule has 30 heavy (non-hydrogen) atoms. The van der Waals surface area contributed by atoms with E-state index in [1.165, 1.54) is 12.4 Å². The highest BCUT2D eigenvalue weighted by atomic mass is 19.3. The third-order valence-corrected chi connectivity index (χ3v) is 4.69. The van der Waals surface area contributed by atoms with Crippen molar-refractivity contribution in [2.45, 2.75) is 31.4 Å². The van der Waals surface area contributed by atoms with Crippen LogP contribution < -0.4 is 5.32 Å². The van der Waals surface area contributed by atoms with Gasteiger partial charge in [-0.25, -0.2) is 8.78 Å². The van der Waals surface area contributed by atoms with Gasteiger partial charge in [0.05, 0.1) is 50.0 Å². The molecule has 1 aromatic heterocycles. The van der Waals surface area contributed by atoms with Crippen molar-refractivity contribution in [3.05, 3.63) is 53.3 Å². The van der Waals surface area contributed by atoms with Crippen LogP contribution in [0.25, 0.3) is 0 Å². The number of hydrogen-bond acceptors (Lipinski definition) is 5. The minimum absolute atomic E-state index is 0.215. The number of nitriles is 2. The molecule has 2 aromatic rings. The monoisotopic (exact) mass is 412 g/mol. The van der Waals surface area contributed by atoms with Gasteiger partial charge < -0.3 is 10.2 Å². The van der Waals surface area contributed by atoms with Crippen LogP contribution in [0.3, 0.4) is 0 Å². The van der Waals surface area contributed by atoms with Gasteiger partial charge in [-0.1, -0.05) is 24.3 Å². The molecule has 1 atom stereocenters. The number of nitrogens with one attached hydrogen (secondary N) is 1. The van der Waals surface area contributed by atoms with Gasteiger partial charge in [0.2, 0.25) is 5.91 Å². The maximum atomic E-state index is 13.4. The second-order valence-corrected chi connectivity index (χ2v) is 6.99. The number of aromatic nitrogens is 2. The molecule has 0 bridgehead atoms. The van der Waals surface area contributed by atoms with Crippen LogP contribution in [0, 0.1) is 22.7 Å². The summed E-state index contributed by atoms with van der Waals surface area (Å²) in [6, 6.07) is 9.98. The fourth-order valence-corrected chi connectivity index (χ4v) is 3.16. The van der Waals surface area contributed by atoms with Crippen molar-refractivity contribution in [1.82, 2.24) is 20.0 Å². The van der Waals surface area contributed by atoms with Gasteiger partial charge in [0.1, 0.15) is 6.04 Å². The van der Waals surface area contributed by atoms with E-state index < -0.39 is 43.3 Å². The SMILES string of the molecule is N#CCc1ccc(Cn2cc(C(=O)NCC(=O)N3CC(F)(F)C[C@H]3C#N)cn2)cc1. The van der Waals surface area contributed by atoms with E-state index in [0.717, 1.165) is 16.0 Å². The van der Waals surface area contributed by atoms with E-state index in [1.807, 2.05) is 24.3 Å². The van der Waals surface area contributed by atoms with Crippen LogP contribution in [0.2, 0.25) is 0 Å². The molecule has 1 aromatic carbocycles. The summed E-state index contributed by atoms with van der Waals surface area (Å²) in [7, 11) is 0. The molecule has 0 spiro atoms. The zero-order chi connectivity index (χ0) is 21.7. The van der Waals surface area contributed by atoms with Crippen molar-refractivity contribution in [3.8, 4) is 12.1 Å². The second kappa shape index (κ2) is 8.70. The highest BCUT2D eigenvalue weighted by Crippen LogP contribution is 2.31. The zero-order valence-electron chi connectivity index (χ0n) is 15.9. The minimum atomic E-state index is -3.10. The Balaban J connectivity index is 1.54. The minimum Gasteiger partial charge on any atom is -0.343 e. The lowest BCUT2D eigenvalue weighted by atomic mass is 10.1. The summed E-state index contributed by atoms with van der Waals surface area (Å²) >= 11 is 0. The summed E-state index contributed by atoms with van der Waals surface area (Å²) in [6.07, 6.45) is 2.47. The van der Waals surface area contributed by atoms with Crippen molar-refractivity contribution < 1.29 is 18.4 Å². The van der Waals surface area contributed by atoms with Crippen LogP contribution >= 0.6 is 0 Å². The summed E-state index contributed by atoms with van der Waals surface area (Å²) in [5.41, 5.74) is 2.05. The van der Waals surface area contributed by atoms with Crippen LogP contribution in [0.5, 0.6) is 0 Å². The highest BCUT2D eigenvalue weighted by Gasteiger charge is 2.47. The van der Waals surface area contributed by atoms with E-state index in [2.05, 4.69) is 16.5 Å². The van der Waals surface area contributed by atoms with Crippen LogP contribution in [-0.2, 0) is 17.8 Å². The molecule has 0 aliphatic carbocycles. The lowest BCUT2D eigenvalue weighted by Crippen LogP contribution is -2.42. The van der Waals surface area contributed by atoms with Crippen molar-refractivity contribution in [2.24, 2.45) is 0 Å². The van der Waals surface area contributed by atoms with Gasteiger partial charge in [-0.15, -0.1) is 0 Å². The Morgan fingerprint density at radius 1 is 1.23 bits per heavy atom. The van der Waals surface area contributed by atoms with Gasteiger partial charge >= 0.3 is 0 Å². The average molecular weight is 412 g/mol. The lowest BCUT2D eigenvalue weighted by Gasteiger charge is -2.19. The predicted octanol–water partition coefficient (Wildman–Crippen LogP) is 1.49. The number of carbonyl (C=O) groups excluding carboxylic acids is 2. The van der Waals surface area contributed by atoms with Gasteiger partial charge in [-0.3, -0.25) is 14.3 Å². The van der Waals surface area contributed by atoms with E-state index in [0.29, 0.717) is 13.0 Å². The molecule has 8 nitrogen and oxygen atoms in total. The number of rotatable bonds is 6. The molecule has 1 saturated heterocycles. The molecule has 2 heterocycles. The zero-order valence-corrected chi connectivity index (χ0v) is 15.9. The smallest absolute Gasteiger partial charge is 0.268 e. The predicted molar refractivity (Wildman–Crippen MR) is 100 cm³/mol. The molecule has 3 rings (SSSR count). The summed E-state index contributed by atoms with van der Waals surface area (Å²) < 4.78 is 28.4. The van der Waals surface area contributed by atoms with Gasteiger partial charge in [0, 0.05) is 12.6 Å². The maximum absolute atomic E-state index is 13.4. The summed E-state index contributed by atoms with van der Waals surface area (Å²) in [5.74, 6) is -4.41. The third-order valence-electron chi connectivity index (χ3n) is 4.69. The number of likely N-dealkylation sites (tertiary alicyclic amines) is 1. The Morgan fingerprint density at radius 3 is 2.60 bits per heavy atom. The molecule has 0 unspecified atom stereocenters. The Labute approximate surface area is 171 Å². The number of nitrogens with zero attached hydrogens (tertiary/aromatic N) is 5. The Kier molecular flexibility index (Phi) is 6.07. The molecule has 1 aliphatic heterocycles. The fourth-order valence-electron chi connectivity index (χ4n) is 3.16. The molecule has 0 saturated carbocycles. The molecule has 1 N–H and O–H groups in total. The van der Waals surface area contributed by atoms with Crippen molar-refractivity contribution >= 4 is 11.8 Å². The highest BCUT2D eigenvalue weighted by molar-refractivity contribution is 5.96. The van der Waals surface area contributed by atoms with E-state index in [9.17, 15) is 18.4 Å². The van der Waals surface area contributed by atoms with Gasteiger partial charge in [-0.05, 0) is 11.1 Å². The molecular formula is C20H18F2N6O2. The summed E-state index contributed by atoms with van der Waals surface area (Å²) in [4.78, 5) is 25.2. The number of halogens is 2. The molecular weight excluding hydrogens is 394 g/mol. The van der Waals surface area contributed by atoms with Gasteiger partial charge in [0.25, 0.3) is 11.8 Å². The van der Waals surface area contributed by atoms with E-state index in [4.69, 9.17) is 10.5 Å². The van der Waals surface area contributed by atoms with E-state index in [-0.39, 0.29) is 5.56 Å². The maximum Gasteiger partial charge on any atom is 0.268 e. The lowest BCUT2D eigenvalue weighted by molar-refractivity contribution is -0.131. The third kappa shape index (κ3) is 4.97. The first-order chi connectivity index (χ1) is 14.3. The molecule has 0 radical (unpaired) electrons. The Morgan fingerprint density at radius 2 is 1.93 bits per heavy atom. The van der Waals surface area contributed by atoms with Crippen molar-refractivity contribution in [2.75, 3.05) is 13.1 Å². The first-order valence-electron chi connectivity index (χ1n) is 9.13. The Bertz CT molecular complexity index is 1020. The second-order valence-electron chi connectivity index (χ2n) is 6.99. The van der Waals surface area contributed by atoms with Gasteiger partial charge in [0.15, 0.2) is 0 Å². The number of benzene rings is 1. The quantitative estimate of drug-likeness (QED) is 0.772. The fraction of sp³-hybridized carbons (Fsp3) is 0.350. The largest absolute Gasteiger partial charge is 0.343 e. The van der Waals surface area contributed by atoms with Crippen LogP contribution in [0.4, 0.5) is 8.78 Å². The van der Waals surface area contributed by atoms with Crippen molar-refractivity contribution in [1.29, 1.82) is 10.5 Å². The molecule has 1 fully saturated rings. The molecule has 10 heteroatoms. The summed E-state index contributed by atoms with van der Waals surface area (Å²) in [5, 5.41) is 24.1. The van der Waals surface area contributed by atoms with Crippen molar-refractivity contribution in [3.63, 3.8) is 0 Å². The van der Waals surface area contributed by atoms with E-state index in [1.54, 1.807) is 10.8 Å². The number of alkyl halides is 2. The Hall–Kier alpha value is -3.79. The van der Waals surface area contributed by atoms with Gasteiger partial charge in [-0.2, -0.15) is 15.6 Å². The molecule has 154 valence electrons. The molecule has 2 amide bonds. The van der Waals surface area contributed by atoms with Crippen LogP contribution in [0.1, 0.15) is 27.9 Å². The topological polar surface area (TPSA) is 115 Å². The first-order valence-corrected chi connectivity index (χ1v) is 9.13. The standard InChI is InChI=1S/C20H18F2N6O2/c21-20(22)7-17(8-24)28(13-20)18(29)10-25-19(30)16-9-26-27(12-16)11-15-3-1-14(2-4-15)5-6-23/h1-4,9,12,17H,5,7,10-11,13H2,(H,25,30)/t17-/m0/s1.